The molecule has 0 fully saturated rings. The molecule has 0 aliphatic rings. The Morgan fingerprint density at radius 1 is 0.514 bits per heavy atom. The van der Waals surface area contributed by atoms with Crippen molar-refractivity contribution in [1.82, 2.24) is 0 Å². The van der Waals surface area contributed by atoms with Gasteiger partial charge in [0.15, 0.2) is 0 Å². The molecule has 0 aromatic carbocycles. The highest BCUT2D eigenvalue weighted by Gasteiger charge is 1.96. The Labute approximate surface area is 245 Å². The van der Waals surface area contributed by atoms with Crippen LogP contribution in [0.25, 0.3) is 0 Å². The van der Waals surface area contributed by atoms with Crippen LogP contribution in [0.3, 0.4) is 0 Å². The second-order valence-corrected chi connectivity index (χ2v) is 12.0. The van der Waals surface area contributed by atoms with Gasteiger partial charge in [-0.15, -0.1) is 0 Å². The smallest absolute Gasteiger partial charge is 0.0813 e. The molecular weight excluding hydrogens is 524 g/mol. The Morgan fingerprint density at radius 2 is 0.703 bits per heavy atom. The molecule has 0 heterocycles. The van der Waals surface area contributed by atoms with Crippen molar-refractivity contribution in [3.63, 3.8) is 0 Å². The maximum Gasteiger partial charge on any atom is 0.0813 e. The highest BCUT2D eigenvalue weighted by atomic mass is 79.9. The Kier molecular flexibility index (Phi) is 42.6. The van der Waals surface area contributed by atoms with Crippen LogP contribution in [0.4, 0.5) is 0 Å². The van der Waals surface area contributed by atoms with E-state index in [1.165, 1.54) is 119 Å². The van der Waals surface area contributed by atoms with Crippen molar-refractivity contribution in [2.75, 3.05) is 28.2 Å². The van der Waals surface area contributed by atoms with E-state index in [2.05, 4.69) is 62.8 Å². The van der Waals surface area contributed by atoms with Gasteiger partial charge in [-0.05, 0) is 40.5 Å². The van der Waals surface area contributed by atoms with Crippen LogP contribution in [0.1, 0.15) is 163 Å². The van der Waals surface area contributed by atoms with E-state index in [1.807, 2.05) is 0 Å². The van der Waals surface area contributed by atoms with Gasteiger partial charge in [-0.25, -0.2) is 0 Å². The molecule has 0 amide bonds. The topological polar surface area (TPSA) is 49.0 Å². The fraction of sp³-hybridized carbons (Fsp3) is 0.969. The van der Waals surface area contributed by atoms with Crippen LogP contribution in [-0.4, -0.2) is 46.2 Å². The third-order valence-electron chi connectivity index (χ3n) is 7.29. The Morgan fingerprint density at radius 3 is 0.865 bits per heavy atom. The summed E-state index contributed by atoms with van der Waals surface area (Å²) in [5, 5.41) is 10.3. The van der Waals surface area contributed by atoms with E-state index < -0.39 is 5.97 Å². The van der Waals surface area contributed by atoms with Gasteiger partial charge in [0.1, 0.15) is 0 Å². The van der Waals surface area contributed by atoms with Gasteiger partial charge in [-0.2, -0.15) is 0 Å². The van der Waals surface area contributed by atoms with Crippen LogP contribution in [0, 0.1) is 0 Å². The van der Waals surface area contributed by atoms with Gasteiger partial charge < -0.3 is 36.7 Å². The molecule has 37 heavy (non-hydrogen) atoms. The Hall–Kier alpha value is -0.130. The molecule has 0 atom stereocenters. The van der Waals surface area contributed by atoms with Gasteiger partial charge in [0.25, 0.3) is 0 Å². The largest absolute Gasteiger partial charge is 1.00 e. The molecule has 0 rings (SSSR count). The standard InChI is InChI=1S/C22H44O2.2C5H13N.BrH/c1-2-3-4-5-6-7-8-9-10-11-12-13-14-15-16-17-18-19-20-21-22(23)24;2*1-5(2)6(3)4;/h2-21H2,1H3,(H,23,24);2*5H,1-4H3;1H. The molecule has 0 radical (unpaired) electrons. The maximum atomic E-state index is 10.3. The summed E-state index contributed by atoms with van der Waals surface area (Å²) in [6.45, 7) is 11.1. The lowest BCUT2D eigenvalue weighted by molar-refractivity contribution is -0.881. The summed E-state index contributed by atoms with van der Waals surface area (Å²) in [4.78, 5) is 13.3. The molecular formula is C32H71BrN2O2. The predicted octanol–water partition coefficient (Wildman–Crippen LogP) is 2.64. The minimum absolute atomic E-state index is 0. The average Bonchev–Trinajstić information content (AvgIpc) is 2.81. The van der Waals surface area contributed by atoms with Crippen molar-refractivity contribution in [2.24, 2.45) is 0 Å². The highest BCUT2D eigenvalue weighted by molar-refractivity contribution is 5.63. The van der Waals surface area contributed by atoms with Crippen LogP contribution < -0.4 is 31.9 Å². The number of hydrogen-bond acceptors (Lipinski definition) is 2. The lowest BCUT2D eigenvalue weighted by Gasteiger charge is -2.09. The summed E-state index contributed by atoms with van der Waals surface area (Å²) >= 11 is 0. The zero-order valence-corrected chi connectivity index (χ0v) is 28.6. The van der Waals surface area contributed by atoms with Crippen molar-refractivity contribution in [3.05, 3.63) is 0 Å². The number of carbonyl (C=O) groups excluding carboxylic acids is 1. The first-order valence-electron chi connectivity index (χ1n) is 15.9. The summed E-state index contributed by atoms with van der Waals surface area (Å²) < 4.78 is 0. The first kappa shape index (κ1) is 43.9. The van der Waals surface area contributed by atoms with Crippen LogP contribution in [0.2, 0.25) is 0 Å². The van der Waals surface area contributed by atoms with Crippen molar-refractivity contribution >= 4 is 5.97 Å². The van der Waals surface area contributed by atoms with Crippen molar-refractivity contribution in [3.8, 4) is 0 Å². The molecule has 0 aromatic rings. The monoisotopic (exact) mass is 594 g/mol. The van der Waals surface area contributed by atoms with Crippen LogP contribution in [0.15, 0.2) is 0 Å². The minimum atomic E-state index is -0.901. The van der Waals surface area contributed by atoms with Crippen molar-refractivity contribution in [1.29, 1.82) is 0 Å². The normalized spacial score (nSPS) is 10.7. The average molecular weight is 596 g/mol. The molecule has 0 spiro atoms. The summed E-state index contributed by atoms with van der Waals surface area (Å²) in [7, 11) is 8.63. The zero-order chi connectivity index (χ0) is 28.0. The molecule has 2 N–H and O–H groups in total. The minimum Gasteiger partial charge on any atom is -1.00 e. The number of carbonyl (C=O) groups is 1. The van der Waals surface area contributed by atoms with E-state index in [1.54, 1.807) is 0 Å². The second-order valence-electron chi connectivity index (χ2n) is 12.0. The summed E-state index contributed by atoms with van der Waals surface area (Å²) in [5.41, 5.74) is 0. The molecule has 228 valence electrons. The third kappa shape index (κ3) is 49.4. The van der Waals surface area contributed by atoms with E-state index in [4.69, 9.17) is 0 Å². The van der Waals surface area contributed by atoms with Crippen molar-refractivity contribution < 1.29 is 36.7 Å². The summed E-state index contributed by atoms with van der Waals surface area (Å²) in [6, 6.07) is 1.54. The lowest BCUT2D eigenvalue weighted by atomic mass is 10.0. The quantitative estimate of drug-likeness (QED) is 0.189. The molecule has 0 aliphatic heterocycles. The number of rotatable bonds is 22. The Balaban J connectivity index is -0.000000345. The molecule has 4 nitrogen and oxygen atoms in total. The fourth-order valence-corrected chi connectivity index (χ4v) is 3.35. The SMILES string of the molecule is CC(C)[NH+](C)C.CC(C)[NH+](C)C.CCCCCCCCCCCCCCCCCCCCCC(=O)[O-].[Br-]. The van der Waals surface area contributed by atoms with E-state index in [0.717, 1.165) is 24.9 Å². The fourth-order valence-electron chi connectivity index (χ4n) is 3.35. The first-order chi connectivity index (χ1) is 17.1. The molecule has 0 saturated carbocycles. The number of nitrogens with one attached hydrogen (secondary N) is 2. The number of halogens is 1. The van der Waals surface area contributed by atoms with E-state index >= 15 is 0 Å². The van der Waals surface area contributed by atoms with Gasteiger partial charge in [0.2, 0.25) is 0 Å². The molecule has 0 bridgehead atoms. The van der Waals surface area contributed by atoms with Crippen LogP contribution >= 0.6 is 0 Å². The molecule has 0 unspecified atom stereocenters. The number of hydrogen-bond donors (Lipinski definition) is 2. The predicted molar refractivity (Wildman–Crippen MR) is 159 cm³/mol. The second kappa shape index (κ2) is 35.9. The molecule has 0 aromatic heterocycles. The summed E-state index contributed by atoms with van der Waals surface area (Å²) in [5.74, 6) is -0.901. The molecule has 0 aliphatic carbocycles. The maximum absolute atomic E-state index is 10.3. The molecule has 5 heteroatoms. The lowest BCUT2D eigenvalue weighted by Crippen LogP contribution is -3.09. The van der Waals surface area contributed by atoms with Gasteiger partial charge in [-0.1, -0.05) is 122 Å². The van der Waals surface area contributed by atoms with E-state index in [0.29, 0.717) is 0 Å². The third-order valence-corrected chi connectivity index (χ3v) is 7.29. The highest BCUT2D eigenvalue weighted by Crippen LogP contribution is 2.14. The molecule has 0 saturated heterocycles. The van der Waals surface area contributed by atoms with Gasteiger partial charge in [0, 0.05) is 5.97 Å². The van der Waals surface area contributed by atoms with Crippen LogP contribution in [-0.2, 0) is 4.79 Å². The van der Waals surface area contributed by atoms with Gasteiger partial charge in [0.05, 0.1) is 40.3 Å². The Bertz CT molecular complexity index is 392. The zero-order valence-electron chi connectivity index (χ0n) is 27.0. The van der Waals surface area contributed by atoms with E-state index in [9.17, 15) is 9.90 Å². The summed E-state index contributed by atoms with van der Waals surface area (Å²) in [6.07, 6.45) is 25.7. The number of unbranched alkanes of at least 4 members (excludes halogenated alkanes) is 18. The number of quaternary nitrogens is 2. The van der Waals surface area contributed by atoms with E-state index in [-0.39, 0.29) is 23.4 Å². The van der Waals surface area contributed by atoms with Crippen molar-refractivity contribution in [2.45, 2.75) is 175 Å². The van der Waals surface area contributed by atoms with Crippen LogP contribution in [0.5, 0.6) is 0 Å². The number of carboxylic acid groups (broad SMARTS) is 1. The number of carboxylic acids is 1. The number of aliphatic carboxylic acids is 1. The van der Waals surface area contributed by atoms with Gasteiger partial charge >= 0.3 is 0 Å². The first-order valence-corrected chi connectivity index (χ1v) is 15.9. The van der Waals surface area contributed by atoms with Gasteiger partial charge in [-0.3, -0.25) is 0 Å².